The minimum atomic E-state index is -0.960. The zero-order valence-electron chi connectivity index (χ0n) is 15.8. The second kappa shape index (κ2) is 9.07. The molecule has 1 aromatic carbocycles. The van der Waals surface area contributed by atoms with Crippen molar-refractivity contribution in [1.29, 1.82) is 0 Å². The van der Waals surface area contributed by atoms with Gasteiger partial charge in [0.15, 0.2) is 5.78 Å². The number of amides is 1. The molecule has 0 radical (unpaired) electrons. The fraction of sp³-hybridized carbons (Fsp3) is 0.350. The molecule has 2 rings (SSSR count). The maximum Gasteiger partial charge on any atom is 0.303 e. The van der Waals surface area contributed by atoms with Crippen molar-refractivity contribution in [2.45, 2.75) is 40.0 Å². The van der Waals surface area contributed by atoms with E-state index in [0.29, 0.717) is 27.6 Å². The molecule has 28 heavy (non-hydrogen) atoms. The van der Waals surface area contributed by atoms with E-state index in [-0.39, 0.29) is 29.6 Å². The fourth-order valence-electron chi connectivity index (χ4n) is 2.75. The summed E-state index contributed by atoms with van der Waals surface area (Å²) in [4.78, 5) is 37.3. The Kier molecular flexibility index (Phi) is 7.26. The summed E-state index contributed by atoms with van der Waals surface area (Å²) < 4.78 is 0. The summed E-state index contributed by atoms with van der Waals surface area (Å²) in [7, 11) is 0. The first-order valence-corrected chi connectivity index (χ1v) is 10.2. The first kappa shape index (κ1) is 22.4. The minimum Gasteiger partial charge on any atom is -0.481 e. The third kappa shape index (κ3) is 5.80. The van der Waals surface area contributed by atoms with Gasteiger partial charge >= 0.3 is 5.97 Å². The van der Waals surface area contributed by atoms with Gasteiger partial charge in [0.2, 0.25) is 5.91 Å². The summed E-state index contributed by atoms with van der Waals surface area (Å²) in [5, 5.41) is 12.8. The molecule has 0 atom stereocenters. The molecule has 0 aliphatic rings. The highest BCUT2D eigenvalue weighted by Crippen LogP contribution is 2.33. The second-order valence-corrected chi connectivity index (χ2v) is 9.18. The van der Waals surface area contributed by atoms with Gasteiger partial charge in [-0.1, -0.05) is 44.0 Å². The van der Waals surface area contributed by atoms with E-state index in [9.17, 15) is 14.4 Å². The Labute approximate surface area is 177 Å². The van der Waals surface area contributed by atoms with Crippen LogP contribution in [0.1, 0.15) is 54.4 Å². The molecule has 2 aromatic rings. The van der Waals surface area contributed by atoms with Gasteiger partial charge in [-0.25, -0.2) is 0 Å². The zero-order valence-corrected chi connectivity index (χ0v) is 18.1. The third-order valence-corrected chi connectivity index (χ3v) is 6.01. The number of halogens is 2. The van der Waals surface area contributed by atoms with E-state index in [0.717, 1.165) is 4.88 Å². The molecule has 0 aliphatic carbocycles. The molecule has 0 aliphatic heterocycles. The number of thiophene rings is 1. The van der Waals surface area contributed by atoms with Crippen LogP contribution in [0.15, 0.2) is 24.3 Å². The highest BCUT2D eigenvalue weighted by Gasteiger charge is 2.27. The number of rotatable bonds is 8. The molecule has 0 fully saturated rings. The van der Waals surface area contributed by atoms with Gasteiger partial charge in [0, 0.05) is 16.9 Å². The van der Waals surface area contributed by atoms with Gasteiger partial charge in [-0.2, -0.15) is 0 Å². The molecule has 0 saturated carbocycles. The second-order valence-electron chi connectivity index (χ2n) is 7.23. The van der Waals surface area contributed by atoms with E-state index in [1.807, 2.05) is 6.92 Å². The normalized spacial score (nSPS) is 11.3. The van der Waals surface area contributed by atoms with Crippen molar-refractivity contribution in [3.05, 3.63) is 50.3 Å². The molecule has 150 valence electrons. The van der Waals surface area contributed by atoms with Crippen LogP contribution in [0.5, 0.6) is 0 Å². The van der Waals surface area contributed by atoms with Gasteiger partial charge in [-0.15, -0.1) is 11.3 Å². The van der Waals surface area contributed by atoms with Crippen molar-refractivity contribution in [2.24, 2.45) is 5.41 Å². The summed E-state index contributed by atoms with van der Waals surface area (Å²) in [5.41, 5.74) is 0.0513. The quantitative estimate of drug-likeness (QED) is 0.516. The van der Waals surface area contributed by atoms with Crippen LogP contribution < -0.4 is 5.32 Å². The van der Waals surface area contributed by atoms with Crippen LogP contribution >= 0.6 is 34.5 Å². The number of nitrogens with one attached hydrogen (secondary N) is 1. The van der Waals surface area contributed by atoms with Gasteiger partial charge < -0.3 is 10.4 Å². The molecule has 8 heteroatoms. The van der Waals surface area contributed by atoms with Crippen molar-refractivity contribution in [3.63, 3.8) is 0 Å². The molecular weight excluding hydrogens is 421 g/mol. The van der Waals surface area contributed by atoms with Crippen LogP contribution in [-0.4, -0.2) is 22.8 Å². The number of carbonyl (C=O) groups is 3. The summed E-state index contributed by atoms with van der Waals surface area (Å²) in [6.45, 7) is 5.39. The van der Waals surface area contributed by atoms with Crippen LogP contribution in [0.25, 0.3) is 0 Å². The van der Waals surface area contributed by atoms with Crippen molar-refractivity contribution in [3.8, 4) is 0 Å². The lowest BCUT2D eigenvalue weighted by molar-refractivity contribution is -0.139. The molecule has 0 unspecified atom stereocenters. The molecule has 1 heterocycles. The number of carboxylic acid groups (broad SMARTS) is 1. The van der Waals surface area contributed by atoms with Crippen molar-refractivity contribution in [2.75, 3.05) is 5.32 Å². The molecule has 5 nitrogen and oxygen atoms in total. The summed E-state index contributed by atoms with van der Waals surface area (Å²) in [6.07, 6.45) is 0.617. The van der Waals surface area contributed by atoms with Gasteiger partial charge in [-0.3, -0.25) is 14.4 Å². The average Bonchev–Trinajstić information content (AvgIpc) is 2.97. The van der Waals surface area contributed by atoms with Gasteiger partial charge in [0.25, 0.3) is 0 Å². The van der Waals surface area contributed by atoms with Crippen molar-refractivity contribution >= 4 is 57.2 Å². The van der Waals surface area contributed by atoms with E-state index in [1.54, 1.807) is 32.0 Å². The molecule has 0 spiro atoms. The summed E-state index contributed by atoms with van der Waals surface area (Å²) >= 11 is 13.3. The number of carboxylic acids is 1. The van der Waals surface area contributed by atoms with Gasteiger partial charge in [-0.05, 0) is 36.1 Å². The topological polar surface area (TPSA) is 83.5 Å². The lowest BCUT2D eigenvalue weighted by atomic mass is 9.85. The molecule has 2 N–H and O–H groups in total. The number of ketones is 1. The SMILES string of the molecule is CCc1cc(C(=O)c2ccc(Cl)c(Cl)c2)c(NC(=O)CC(C)(C)CC(=O)O)s1. The maximum atomic E-state index is 12.9. The molecule has 1 aromatic heterocycles. The van der Waals surface area contributed by atoms with Gasteiger partial charge in [0.1, 0.15) is 5.00 Å². The number of aryl methyl sites for hydroxylation is 1. The van der Waals surface area contributed by atoms with E-state index in [1.165, 1.54) is 17.4 Å². The van der Waals surface area contributed by atoms with Gasteiger partial charge in [0.05, 0.1) is 22.0 Å². The number of aliphatic carboxylic acids is 1. The average molecular weight is 442 g/mol. The Morgan fingerprint density at radius 3 is 2.36 bits per heavy atom. The number of hydrogen-bond acceptors (Lipinski definition) is 4. The Morgan fingerprint density at radius 1 is 1.11 bits per heavy atom. The highest BCUT2D eigenvalue weighted by atomic mass is 35.5. The van der Waals surface area contributed by atoms with E-state index < -0.39 is 11.4 Å². The lowest BCUT2D eigenvalue weighted by Gasteiger charge is -2.21. The Bertz CT molecular complexity index is 921. The van der Waals surface area contributed by atoms with E-state index in [4.69, 9.17) is 28.3 Å². The number of benzene rings is 1. The smallest absolute Gasteiger partial charge is 0.303 e. The number of anilines is 1. The van der Waals surface area contributed by atoms with E-state index in [2.05, 4.69) is 5.32 Å². The van der Waals surface area contributed by atoms with Crippen LogP contribution in [0.2, 0.25) is 10.0 Å². The monoisotopic (exact) mass is 441 g/mol. The standard InChI is InChI=1S/C20H21Cl2NO4S/c1-4-12-8-13(18(27)11-5-6-14(21)15(22)7-11)19(28-12)23-16(24)9-20(2,3)10-17(25)26/h5-8H,4,9-10H2,1-3H3,(H,23,24)(H,25,26). The number of carbonyl (C=O) groups excluding carboxylic acids is 2. The summed E-state index contributed by atoms with van der Waals surface area (Å²) in [5.74, 6) is -1.56. The van der Waals surface area contributed by atoms with Crippen LogP contribution in [0.3, 0.4) is 0 Å². The predicted molar refractivity (Wildman–Crippen MR) is 113 cm³/mol. The van der Waals surface area contributed by atoms with Crippen LogP contribution in [0, 0.1) is 5.41 Å². The zero-order chi connectivity index (χ0) is 21.1. The van der Waals surface area contributed by atoms with E-state index >= 15 is 0 Å². The number of hydrogen-bond donors (Lipinski definition) is 2. The summed E-state index contributed by atoms with van der Waals surface area (Å²) in [6, 6.07) is 6.39. The highest BCUT2D eigenvalue weighted by molar-refractivity contribution is 7.16. The maximum absolute atomic E-state index is 12.9. The lowest BCUT2D eigenvalue weighted by Crippen LogP contribution is -2.25. The van der Waals surface area contributed by atoms with Crippen molar-refractivity contribution in [1.82, 2.24) is 0 Å². The predicted octanol–water partition coefficient (Wildman–Crippen LogP) is 5.68. The molecule has 1 amide bonds. The Morgan fingerprint density at radius 2 is 1.79 bits per heavy atom. The molecule has 0 saturated heterocycles. The molecular formula is C20H21Cl2NO4S. The van der Waals surface area contributed by atoms with Crippen molar-refractivity contribution < 1.29 is 19.5 Å². The van der Waals surface area contributed by atoms with Crippen LogP contribution in [0.4, 0.5) is 5.00 Å². The van der Waals surface area contributed by atoms with Crippen LogP contribution in [-0.2, 0) is 16.0 Å². The first-order chi connectivity index (χ1) is 13.0. The fourth-order valence-corrected chi connectivity index (χ4v) is 4.06. The largest absolute Gasteiger partial charge is 0.481 e. The Hall–Kier alpha value is -1.89. The minimum absolute atomic E-state index is 0.0268. The first-order valence-electron chi connectivity index (χ1n) is 8.66. The third-order valence-electron chi connectivity index (χ3n) is 4.08. The Balaban J connectivity index is 2.27. The molecule has 0 bridgehead atoms.